The standard InChI is InChI=1S/C8H8BrFO/c1-5-3-6(11-2)4-7(10)8(5)9/h3-4H,1-2H3. The predicted molar refractivity (Wildman–Crippen MR) is 45.4 cm³/mol. The number of hydrogen-bond donors (Lipinski definition) is 0. The Morgan fingerprint density at radius 1 is 1.45 bits per heavy atom. The third-order valence-corrected chi connectivity index (χ3v) is 2.42. The van der Waals surface area contributed by atoms with Crippen LogP contribution in [0.15, 0.2) is 16.6 Å². The molecular weight excluding hydrogens is 211 g/mol. The van der Waals surface area contributed by atoms with E-state index >= 15 is 0 Å². The van der Waals surface area contributed by atoms with Crippen LogP contribution in [0.2, 0.25) is 0 Å². The zero-order valence-electron chi connectivity index (χ0n) is 6.32. The lowest BCUT2D eigenvalue weighted by molar-refractivity contribution is 0.410. The first-order chi connectivity index (χ1) is 5.15. The molecule has 1 aromatic rings. The summed E-state index contributed by atoms with van der Waals surface area (Å²) in [6.07, 6.45) is 0. The molecule has 0 saturated carbocycles. The minimum Gasteiger partial charge on any atom is -0.497 e. The number of rotatable bonds is 1. The van der Waals surface area contributed by atoms with Gasteiger partial charge in [0.25, 0.3) is 0 Å². The Balaban J connectivity index is 3.21. The van der Waals surface area contributed by atoms with Gasteiger partial charge in [-0.1, -0.05) is 0 Å². The third-order valence-electron chi connectivity index (χ3n) is 1.42. The maximum atomic E-state index is 12.9. The summed E-state index contributed by atoms with van der Waals surface area (Å²) in [6, 6.07) is 3.12. The van der Waals surface area contributed by atoms with E-state index < -0.39 is 0 Å². The van der Waals surface area contributed by atoms with Crippen molar-refractivity contribution in [2.45, 2.75) is 6.92 Å². The highest BCUT2D eigenvalue weighted by Gasteiger charge is 2.04. The molecule has 0 saturated heterocycles. The SMILES string of the molecule is COc1cc(C)c(Br)c(F)c1. The number of halogens is 2. The van der Waals surface area contributed by atoms with Crippen molar-refractivity contribution in [2.24, 2.45) is 0 Å². The third kappa shape index (κ3) is 1.71. The van der Waals surface area contributed by atoms with Gasteiger partial charge in [0.05, 0.1) is 11.6 Å². The lowest BCUT2D eigenvalue weighted by Crippen LogP contribution is -1.87. The van der Waals surface area contributed by atoms with Gasteiger partial charge in [0, 0.05) is 6.07 Å². The van der Waals surface area contributed by atoms with Crippen molar-refractivity contribution < 1.29 is 9.13 Å². The molecule has 0 unspecified atom stereocenters. The Kier molecular flexibility index (Phi) is 2.49. The van der Waals surface area contributed by atoms with Crippen LogP contribution in [0.1, 0.15) is 5.56 Å². The van der Waals surface area contributed by atoms with Crippen molar-refractivity contribution in [2.75, 3.05) is 7.11 Å². The summed E-state index contributed by atoms with van der Waals surface area (Å²) < 4.78 is 18.3. The largest absolute Gasteiger partial charge is 0.497 e. The van der Waals surface area contributed by atoms with Crippen molar-refractivity contribution in [1.82, 2.24) is 0 Å². The summed E-state index contributed by atoms with van der Waals surface area (Å²) in [5.41, 5.74) is 0.835. The van der Waals surface area contributed by atoms with Gasteiger partial charge >= 0.3 is 0 Å². The highest BCUT2D eigenvalue weighted by Crippen LogP contribution is 2.25. The second-order valence-electron chi connectivity index (χ2n) is 2.24. The molecule has 0 spiro atoms. The first-order valence-electron chi connectivity index (χ1n) is 3.15. The van der Waals surface area contributed by atoms with Gasteiger partial charge in [0.2, 0.25) is 0 Å². The molecule has 11 heavy (non-hydrogen) atoms. The van der Waals surface area contributed by atoms with Crippen molar-refractivity contribution in [3.63, 3.8) is 0 Å². The summed E-state index contributed by atoms with van der Waals surface area (Å²) in [6.45, 7) is 1.82. The maximum Gasteiger partial charge on any atom is 0.141 e. The molecular formula is C8H8BrFO. The molecule has 0 N–H and O–H groups in total. The maximum absolute atomic E-state index is 12.9. The minimum absolute atomic E-state index is 0.290. The molecule has 60 valence electrons. The highest BCUT2D eigenvalue weighted by atomic mass is 79.9. The fourth-order valence-electron chi connectivity index (χ4n) is 0.813. The second kappa shape index (κ2) is 3.22. The fraction of sp³-hybridized carbons (Fsp3) is 0.250. The molecule has 0 radical (unpaired) electrons. The molecule has 0 bridgehead atoms. The van der Waals surface area contributed by atoms with Gasteiger partial charge in [-0.3, -0.25) is 0 Å². The van der Waals surface area contributed by atoms with Crippen molar-refractivity contribution >= 4 is 15.9 Å². The van der Waals surface area contributed by atoms with E-state index in [2.05, 4.69) is 15.9 Å². The van der Waals surface area contributed by atoms with E-state index in [0.717, 1.165) is 5.56 Å². The van der Waals surface area contributed by atoms with E-state index in [1.165, 1.54) is 13.2 Å². The summed E-state index contributed by atoms with van der Waals surface area (Å²) >= 11 is 3.11. The summed E-state index contributed by atoms with van der Waals surface area (Å²) in [5.74, 6) is 0.255. The van der Waals surface area contributed by atoms with E-state index in [4.69, 9.17) is 4.74 Å². The molecule has 0 heterocycles. The number of aryl methyl sites for hydroxylation is 1. The predicted octanol–water partition coefficient (Wildman–Crippen LogP) is 2.91. The van der Waals surface area contributed by atoms with E-state index in [-0.39, 0.29) is 5.82 Å². The lowest BCUT2D eigenvalue weighted by atomic mass is 10.2. The number of benzene rings is 1. The van der Waals surface area contributed by atoms with Gasteiger partial charge in [-0.05, 0) is 34.5 Å². The average Bonchev–Trinajstić information content (AvgIpc) is 1.99. The smallest absolute Gasteiger partial charge is 0.141 e. The summed E-state index contributed by atoms with van der Waals surface area (Å²) in [4.78, 5) is 0. The average molecular weight is 219 g/mol. The molecule has 0 aliphatic heterocycles. The number of hydrogen-bond acceptors (Lipinski definition) is 1. The van der Waals surface area contributed by atoms with Crippen LogP contribution < -0.4 is 4.74 Å². The van der Waals surface area contributed by atoms with Gasteiger partial charge in [-0.2, -0.15) is 0 Å². The molecule has 0 aliphatic carbocycles. The van der Waals surface area contributed by atoms with Crippen LogP contribution in [0, 0.1) is 12.7 Å². The van der Waals surface area contributed by atoms with Gasteiger partial charge < -0.3 is 4.74 Å². The van der Waals surface area contributed by atoms with E-state index in [1.54, 1.807) is 6.07 Å². The molecule has 0 amide bonds. The normalized spacial score (nSPS) is 9.82. The molecule has 3 heteroatoms. The summed E-state index contributed by atoms with van der Waals surface area (Å²) in [5, 5.41) is 0. The Morgan fingerprint density at radius 2 is 2.09 bits per heavy atom. The van der Waals surface area contributed by atoms with Crippen molar-refractivity contribution in [3.05, 3.63) is 28.0 Å². The summed E-state index contributed by atoms with van der Waals surface area (Å²) in [7, 11) is 1.52. The highest BCUT2D eigenvalue weighted by molar-refractivity contribution is 9.10. The van der Waals surface area contributed by atoms with E-state index in [9.17, 15) is 4.39 Å². The number of methoxy groups -OCH3 is 1. The van der Waals surface area contributed by atoms with E-state index in [1.807, 2.05) is 6.92 Å². The van der Waals surface area contributed by atoms with Crippen molar-refractivity contribution in [3.8, 4) is 5.75 Å². The van der Waals surface area contributed by atoms with E-state index in [0.29, 0.717) is 10.2 Å². The monoisotopic (exact) mass is 218 g/mol. The molecule has 0 aliphatic rings. The molecule has 1 rings (SSSR count). The van der Waals surface area contributed by atoms with Crippen LogP contribution in [0.5, 0.6) is 5.75 Å². The first-order valence-corrected chi connectivity index (χ1v) is 3.94. The van der Waals surface area contributed by atoms with Crippen LogP contribution in [-0.4, -0.2) is 7.11 Å². The fourth-order valence-corrected chi connectivity index (χ4v) is 1.04. The van der Waals surface area contributed by atoms with Crippen molar-refractivity contribution in [1.29, 1.82) is 0 Å². The Labute approximate surface area is 73.3 Å². The first kappa shape index (κ1) is 8.53. The topological polar surface area (TPSA) is 9.23 Å². The Morgan fingerprint density at radius 3 is 2.55 bits per heavy atom. The Hall–Kier alpha value is -0.570. The molecule has 0 fully saturated rings. The molecule has 0 aromatic heterocycles. The van der Waals surface area contributed by atoms with Crippen LogP contribution in [0.4, 0.5) is 4.39 Å². The van der Waals surface area contributed by atoms with Gasteiger partial charge in [0.1, 0.15) is 11.6 Å². The molecule has 1 nitrogen and oxygen atoms in total. The second-order valence-corrected chi connectivity index (χ2v) is 3.03. The van der Waals surface area contributed by atoms with Crippen LogP contribution >= 0.6 is 15.9 Å². The molecule has 0 atom stereocenters. The minimum atomic E-state index is -0.290. The molecule has 1 aromatic carbocycles. The van der Waals surface area contributed by atoms with Crippen LogP contribution in [-0.2, 0) is 0 Å². The lowest BCUT2D eigenvalue weighted by Gasteiger charge is -2.03. The van der Waals surface area contributed by atoms with Crippen LogP contribution in [0.25, 0.3) is 0 Å². The van der Waals surface area contributed by atoms with Gasteiger partial charge in [-0.15, -0.1) is 0 Å². The zero-order chi connectivity index (χ0) is 8.43. The van der Waals surface area contributed by atoms with Gasteiger partial charge in [-0.25, -0.2) is 4.39 Å². The Bertz CT molecular complexity index is 250. The zero-order valence-corrected chi connectivity index (χ0v) is 7.90. The van der Waals surface area contributed by atoms with Crippen LogP contribution in [0.3, 0.4) is 0 Å². The number of ether oxygens (including phenoxy) is 1. The quantitative estimate of drug-likeness (QED) is 0.705. The van der Waals surface area contributed by atoms with Gasteiger partial charge in [0.15, 0.2) is 0 Å².